The average molecular weight is 236 g/mol. The van der Waals surface area contributed by atoms with E-state index in [4.69, 9.17) is 0 Å². The van der Waals surface area contributed by atoms with E-state index in [9.17, 15) is 0 Å². The Morgan fingerprint density at radius 1 is 1.44 bits per heavy atom. The lowest BCUT2D eigenvalue weighted by Gasteiger charge is -2.23. The van der Waals surface area contributed by atoms with Crippen molar-refractivity contribution < 1.29 is 0 Å². The zero-order valence-corrected chi connectivity index (χ0v) is 10.6. The maximum absolute atomic E-state index is 4.34. The normalized spacial score (nSPS) is 11.9. The van der Waals surface area contributed by atoms with Gasteiger partial charge in [-0.3, -0.25) is 0 Å². The summed E-state index contributed by atoms with van der Waals surface area (Å²) in [4.78, 5) is 11.7. The summed E-state index contributed by atoms with van der Waals surface area (Å²) in [6, 6.07) is 0. The highest BCUT2D eigenvalue weighted by Crippen LogP contribution is 2.22. The molecule has 0 atom stereocenters. The van der Waals surface area contributed by atoms with E-state index < -0.39 is 0 Å². The zero-order chi connectivity index (χ0) is 11.6. The van der Waals surface area contributed by atoms with Gasteiger partial charge in [-0.05, 0) is 20.8 Å². The Kier molecular flexibility index (Phi) is 3.07. The molecule has 0 spiro atoms. The molecule has 2 rings (SSSR count). The number of nitrogens with one attached hydrogen (secondary N) is 2. The van der Waals surface area contributed by atoms with Crippen molar-refractivity contribution in [3.63, 3.8) is 0 Å². The second-order valence-corrected chi connectivity index (χ2v) is 5.18. The number of aromatic amines is 1. The van der Waals surface area contributed by atoms with E-state index in [1.54, 1.807) is 17.7 Å². The number of imidazole rings is 1. The number of hydrogen-bond acceptors (Lipinski definition) is 4. The number of aryl methyl sites for hydroxylation is 1. The van der Waals surface area contributed by atoms with E-state index in [2.05, 4.69) is 34.1 Å². The van der Waals surface area contributed by atoms with Gasteiger partial charge in [0.25, 0.3) is 0 Å². The molecule has 2 aromatic rings. The van der Waals surface area contributed by atoms with E-state index in [0.717, 1.165) is 22.9 Å². The summed E-state index contributed by atoms with van der Waals surface area (Å²) in [6.07, 6.45) is 3.56. The number of rotatable bonds is 4. The van der Waals surface area contributed by atoms with Gasteiger partial charge in [-0.1, -0.05) is 0 Å². The van der Waals surface area contributed by atoms with Crippen LogP contribution in [0.2, 0.25) is 0 Å². The van der Waals surface area contributed by atoms with Crippen molar-refractivity contribution in [1.82, 2.24) is 20.3 Å². The van der Waals surface area contributed by atoms with Crippen molar-refractivity contribution in [2.75, 3.05) is 0 Å². The maximum atomic E-state index is 4.34. The molecule has 0 unspecified atom stereocenters. The van der Waals surface area contributed by atoms with Gasteiger partial charge in [0.15, 0.2) is 0 Å². The molecule has 4 nitrogen and oxygen atoms in total. The van der Waals surface area contributed by atoms with Gasteiger partial charge in [-0.25, -0.2) is 9.97 Å². The summed E-state index contributed by atoms with van der Waals surface area (Å²) in [6.45, 7) is 7.05. The maximum Gasteiger partial charge on any atom is 0.112 e. The summed E-state index contributed by atoms with van der Waals surface area (Å²) < 4.78 is 0. The lowest BCUT2D eigenvalue weighted by molar-refractivity contribution is 0.396. The number of hydrogen-bond donors (Lipinski definition) is 2. The molecule has 2 N–H and O–H groups in total. The molecule has 0 saturated carbocycles. The monoisotopic (exact) mass is 236 g/mol. The third-order valence-corrected chi connectivity index (χ3v) is 3.70. The molecule has 0 saturated heterocycles. The van der Waals surface area contributed by atoms with Crippen molar-refractivity contribution in [2.24, 2.45) is 0 Å². The summed E-state index contributed by atoms with van der Waals surface area (Å²) in [5.74, 6) is 0. The van der Waals surface area contributed by atoms with Gasteiger partial charge in [0.2, 0.25) is 0 Å². The molecule has 0 aliphatic rings. The second kappa shape index (κ2) is 4.35. The molecule has 0 amide bonds. The smallest absolute Gasteiger partial charge is 0.112 e. The molecular formula is C11H16N4S. The Morgan fingerprint density at radius 2 is 2.25 bits per heavy atom. The van der Waals surface area contributed by atoms with Crippen LogP contribution in [0.1, 0.15) is 30.2 Å². The Labute approximate surface area is 99.2 Å². The largest absolute Gasteiger partial charge is 0.348 e. The first-order valence-corrected chi connectivity index (χ1v) is 6.11. The highest BCUT2D eigenvalue weighted by molar-refractivity contribution is 7.09. The van der Waals surface area contributed by atoms with Crippen LogP contribution in [0.5, 0.6) is 0 Å². The van der Waals surface area contributed by atoms with Crippen LogP contribution in [0.15, 0.2) is 17.9 Å². The molecule has 0 aromatic carbocycles. The van der Waals surface area contributed by atoms with Crippen molar-refractivity contribution >= 4 is 11.3 Å². The minimum absolute atomic E-state index is 0.112. The minimum atomic E-state index is -0.112. The Bertz CT molecular complexity index is 444. The van der Waals surface area contributed by atoms with Crippen LogP contribution < -0.4 is 5.32 Å². The first-order valence-electron chi connectivity index (χ1n) is 5.23. The van der Waals surface area contributed by atoms with Gasteiger partial charge >= 0.3 is 0 Å². The quantitative estimate of drug-likeness (QED) is 0.855. The van der Waals surface area contributed by atoms with Crippen molar-refractivity contribution in [1.29, 1.82) is 0 Å². The van der Waals surface area contributed by atoms with E-state index in [-0.39, 0.29) is 5.54 Å². The fourth-order valence-corrected chi connectivity index (χ4v) is 2.22. The van der Waals surface area contributed by atoms with Gasteiger partial charge in [-0.2, -0.15) is 0 Å². The fraction of sp³-hybridized carbons (Fsp3) is 0.455. The van der Waals surface area contributed by atoms with Crippen molar-refractivity contribution in [3.05, 3.63) is 34.3 Å². The number of aromatic nitrogens is 3. The summed E-state index contributed by atoms with van der Waals surface area (Å²) in [5.41, 5.74) is 2.06. The lowest BCUT2D eigenvalue weighted by Crippen LogP contribution is -2.36. The molecule has 5 heteroatoms. The van der Waals surface area contributed by atoms with Crippen LogP contribution in [0.25, 0.3) is 0 Å². The van der Waals surface area contributed by atoms with Gasteiger partial charge in [0.05, 0.1) is 17.6 Å². The first kappa shape index (κ1) is 11.3. The summed E-state index contributed by atoms with van der Waals surface area (Å²) in [5, 5.41) is 6.57. The summed E-state index contributed by atoms with van der Waals surface area (Å²) in [7, 11) is 0. The van der Waals surface area contributed by atoms with Crippen LogP contribution >= 0.6 is 11.3 Å². The van der Waals surface area contributed by atoms with E-state index in [1.165, 1.54) is 0 Å². The minimum Gasteiger partial charge on any atom is -0.348 e. The molecule has 0 bridgehead atoms. The van der Waals surface area contributed by atoms with Crippen LogP contribution in [0.3, 0.4) is 0 Å². The first-order chi connectivity index (χ1) is 7.59. The Hall–Kier alpha value is -1.20. The van der Waals surface area contributed by atoms with Crippen LogP contribution in [-0.4, -0.2) is 15.0 Å². The predicted molar refractivity (Wildman–Crippen MR) is 65.3 cm³/mol. The molecule has 0 fully saturated rings. The number of nitrogens with zero attached hydrogens (tertiary/aromatic N) is 2. The van der Waals surface area contributed by atoms with E-state index in [0.29, 0.717) is 0 Å². The molecule has 2 aromatic heterocycles. The SMILES string of the molecule is Cc1[nH]cnc1CNC(C)(C)c1nccs1. The number of H-pyrrole nitrogens is 1. The van der Waals surface area contributed by atoms with Gasteiger partial charge < -0.3 is 10.3 Å². The fourth-order valence-electron chi connectivity index (χ4n) is 1.48. The molecular weight excluding hydrogens is 220 g/mol. The van der Waals surface area contributed by atoms with Crippen molar-refractivity contribution in [3.8, 4) is 0 Å². The molecule has 16 heavy (non-hydrogen) atoms. The van der Waals surface area contributed by atoms with E-state index in [1.807, 2.05) is 18.5 Å². The van der Waals surface area contributed by atoms with Gasteiger partial charge in [-0.15, -0.1) is 11.3 Å². The lowest BCUT2D eigenvalue weighted by atomic mass is 10.1. The standard InChI is InChI=1S/C11H16N4S/c1-8-9(14-7-13-8)6-15-11(2,3)10-12-4-5-16-10/h4-5,7,15H,6H2,1-3H3,(H,13,14). The molecule has 0 aliphatic carbocycles. The van der Waals surface area contributed by atoms with Crippen molar-refractivity contribution in [2.45, 2.75) is 32.9 Å². The van der Waals surface area contributed by atoms with Gasteiger partial charge in [0, 0.05) is 23.8 Å². The highest BCUT2D eigenvalue weighted by Gasteiger charge is 2.22. The molecule has 0 radical (unpaired) electrons. The Balaban J connectivity index is 2.03. The van der Waals surface area contributed by atoms with Gasteiger partial charge in [0.1, 0.15) is 5.01 Å². The number of thiazole rings is 1. The Morgan fingerprint density at radius 3 is 2.81 bits per heavy atom. The topological polar surface area (TPSA) is 53.6 Å². The molecule has 2 heterocycles. The average Bonchev–Trinajstić information content (AvgIpc) is 2.85. The third kappa shape index (κ3) is 2.31. The highest BCUT2D eigenvalue weighted by atomic mass is 32.1. The van der Waals surface area contributed by atoms with Crippen LogP contribution in [0, 0.1) is 6.92 Å². The van der Waals surface area contributed by atoms with E-state index >= 15 is 0 Å². The zero-order valence-electron chi connectivity index (χ0n) is 9.74. The van der Waals surface area contributed by atoms with Crippen LogP contribution in [0.4, 0.5) is 0 Å². The molecule has 0 aliphatic heterocycles. The third-order valence-electron chi connectivity index (χ3n) is 2.60. The second-order valence-electron chi connectivity index (χ2n) is 4.29. The predicted octanol–water partition coefficient (Wildman–Crippen LogP) is 2.20. The van der Waals surface area contributed by atoms with Crippen LogP contribution in [-0.2, 0) is 12.1 Å². The summed E-state index contributed by atoms with van der Waals surface area (Å²) >= 11 is 1.67. The molecule has 86 valence electrons.